The van der Waals surface area contributed by atoms with E-state index in [1.54, 1.807) is 36.4 Å². The standard InChI is InChI=1S/C26H25N3O4/c1-17(30)18-8-10-20(11-9-18)32-16-21-12-13-24(33-21)26(31)29-14-4-5-19(15-29)25-27-22-6-2-3-7-23(22)28-25/h2-3,6-13,19H,4-5,14-16H2,1H3,(H,27,28). The molecule has 0 spiro atoms. The van der Waals surface area contributed by atoms with Gasteiger partial charge in [-0.15, -0.1) is 0 Å². The number of ether oxygens (including phenoxy) is 1. The average Bonchev–Trinajstić information content (AvgIpc) is 3.50. The van der Waals surface area contributed by atoms with Crippen molar-refractivity contribution < 1.29 is 18.7 Å². The van der Waals surface area contributed by atoms with Crippen molar-refractivity contribution in [2.24, 2.45) is 0 Å². The summed E-state index contributed by atoms with van der Waals surface area (Å²) in [7, 11) is 0. The topological polar surface area (TPSA) is 88.4 Å². The van der Waals surface area contributed by atoms with Crippen LogP contribution in [0.15, 0.2) is 65.1 Å². The summed E-state index contributed by atoms with van der Waals surface area (Å²) in [5.41, 5.74) is 2.60. The normalized spacial score (nSPS) is 16.2. The van der Waals surface area contributed by atoms with Gasteiger partial charge in [0.1, 0.15) is 23.9 Å². The minimum atomic E-state index is -0.118. The number of likely N-dealkylation sites (tertiary alicyclic amines) is 1. The van der Waals surface area contributed by atoms with Gasteiger partial charge in [-0.3, -0.25) is 9.59 Å². The van der Waals surface area contributed by atoms with Gasteiger partial charge < -0.3 is 19.0 Å². The van der Waals surface area contributed by atoms with E-state index in [9.17, 15) is 9.59 Å². The monoisotopic (exact) mass is 443 g/mol. The van der Waals surface area contributed by atoms with Crippen LogP contribution in [0.4, 0.5) is 0 Å². The van der Waals surface area contributed by atoms with Crippen molar-refractivity contribution in [1.82, 2.24) is 14.9 Å². The first-order valence-electron chi connectivity index (χ1n) is 11.1. The molecule has 2 aromatic heterocycles. The fraction of sp³-hybridized carbons (Fsp3) is 0.269. The number of piperidine rings is 1. The zero-order valence-electron chi connectivity index (χ0n) is 18.4. The van der Waals surface area contributed by atoms with Gasteiger partial charge in [-0.25, -0.2) is 4.98 Å². The van der Waals surface area contributed by atoms with E-state index in [0.717, 1.165) is 29.7 Å². The number of aromatic amines is 1. The number of nitrogens with one attached hydrogen (secondary N) is 1. The largest absolute Gasteiger partial charge is 0.486 e. The predicted molar refractivity (Wildman–Crippen MR) is 123 cm³/mol. The number of aromatic nitrogens is 2. The molecule has 4 aromatic rings. The highest BCUT2D eigenvalue weighted by molar-refractivity contribution is 5.94. The van der Waals surface area contributed by atoms with Crippen LogP contribution in [0.25, 0.3) is 11.0 Å². The van der Waals surface area contributed by atoms with Crippen molar-refractivity contribution in [2.75, 3.05) is 13.1 Å². The highest BCUT2D eigenvalue weighted by Gasteiger charge is 2.28. The molecule has 168 valence electrons. The molecule has 0 bridgehead atoms. The Kier molecular flexibility index (Phi) is 5.69. The Morgan fingerprint density at radius 3 is 2.73 bits per heavy atom. The first-order valence-corrected chi connectivity index (χ1v) is 11.1. The van der Waals surface area contributed by atoms with Crippen molar-refractivity contribution in [3.05, 3.63) is 83.6 Å². The first kappa shape index (κ1) is 21.0. The molecule has 1 aliphatic rings. The number of para-hydroxylation sites is 2. The third kappa shape index (κ3) is 4.53. The van der Waals surface area contributed by atoms with Crippen LogP contribution in [0.5, 0.6) is 5.75 Å². The molecule has 2 aromatic carbocycles. The molecule has 1 N–H and O–H groups in total. The van der Waals surface area contributed by atoms with Crippen LogP contribution < -0.4 is 4.74 Å². The van der Waals surface area contributed by atoms with E-state index in [1.165, 1.54) is 6.92 Å². The SMILES string of the molecule is CC(=O)c1ccc(OCc2ccc(C(=O)N3CCCC(c4nc5ccccc5[nH]4)C3)o2)cc1. The number of Topliss-reactive ketones (excluding diaryl/α,β-unsaturated/α-hetero) is 1. The summed E-state index contributed by atoms with van der Waals surface area (Å²) < 4.78 is 11.5. The number of carbonyl (C=O) groups is 2. The number of fused-ring (bicyclic) bond motifs is 1. The molecular formula is C26H25N3O4. The van der Waals surface area contributed by atoms with Crippen molar-refractivity contribution in [3.8, 4) is 5.75 Å². The lowest BCUT2D eigenvalue weighted by Crippen LogP contribution is -2.39. The second kappa shape index (κ2) is 8.94. The van der Waals surface area contributed by atoms with Crippen molar-refractivity contribution in [3.63, 3.8) is 0 Å². The Morgan fingerprint density at radius 2 is 1.94 bits per heavy atom. The summed E-state index contributed by atoms with van der Waals surface area (Å²) in [6, 6.07) is 18.4. The van der Waals surface area contributed by atoms with Gasteiger partial charge in [-0.2, -0.15) is 0 Å². The summed E-state index contributed by atoms with van der Waals surface area (Å²) in [6.45, 7) is 3.03. The lowest BCUT2D eigenvalue weighted by molar-refractivity contribution is 0.0668. The number of imidazole rings is 1. The van der Waals surface area contributed by atoms with E-state index < -0.39 is 0 Å². The molecule has 5 rings (SSSR count). The van der Waals surface area contributed by atoms with Gasteiger partial charge in [-0.1, -0.05) is 12.1 Å². The minimum Gasteiger partial charge on any atom is -0.486 e. The van der Waals surface area contributed by atoms with Gasteiger partial charge in [0, 0.05) is 24.6 Å². The highest BCUT2D eigenvalue weighted by atomic mass is 16.5. The summed E-state index contributed by atoms with van der Waals surface area (Å²) in [5.74, 6) is 2.51. The third-order valence-corrected chi connectivity index (χ3v) is 6.02. The zero-order chi connectivity index (χ0) is 22.8. The van der Waals surface area contributed by atoms with Crippen molar-refractivity contribution in [2.45, 2.75) is 32.3 Å². The van der Waals surface area contributed by atoms with Gasteiger partial charge in [0.2, 0.25) is 0 Å². The molecule has 1 aliphatic heterocycles. The van der Waals surface area contributed by atoms with Crippen LogP contribution in [-0.2, 0) is 6.61 Å². The number of furan rings is 1. The Hall–Kier alpha value is -3.87. The predicted octanol–water partition coefficient (Wildman–Crippen LogP) is 4.96. The molecule has 0 radical (unpaired) electrons. The van der Waals surface area contributed by atoms with Crippen LogP contribution >= 0.6 is 0 Å². The molecule has 0 saturated carbocycles. The zero-order valence-corrected chi connectivity index (χ0v) is 18.4. The van der Waals surface area contributed by atoms with Gasteiger partial charge >= 0.3 is 0 Å². The summed E-state index contributed by atoms with van der Waals surface area (Å²) in [5, 5.41) is 0. The van der Waals surface area contributed by atoms with Crippen LogP contribution in [0, 0.1) is 0 Å². The highest BCUT2D eigenvalue weighted by Crippen LogP contribution is 2.28. The maximum Gasteiger partial charge on any atom is 0.289 e. The number of H-pyrrole nitrogens is 1. The van der Waals surface area contributed by atoms with E-state index in [4.69, 9.17) is 14.1 Å². The number of hydrogen-bond donors (Lipinski definition) is 1. The number of benzene rings is 2. The van der Waals surface area contributed by atoms with Crippen LogP contribution in [-0.4, -0.2) is 39.6 Å². The van der Waals surface area contributed by atoms with Crippen LogP contribution in [0.3, 0.4) is 0 Å². The molecule has 3 heterocycles. The van der Waals surface area contributed by atoms with Gasteiger partial charge in [0.05, 0.1) is 11.0 Å². The molecule has 1 atom stereocenters. The van der Waals surface area contributed by atoms with E-state index in [0.29, 0.717) is 35.9 Å². The first-order chi connectivity index (χ1) is 16.1. The number of ketones is 1. The maximum absolute atomic E-state index is 13.1. The van der Waals surface area contributed by atoms with E-state index in [-0.39, 0.29) is 24.2 Å². The van der Waals surface area contributed by atoms with Crippen molar-refractivity contribution in [1.29, 1.82) is 0 Å². The Balaban J connectivity index is 1.21. The second-order valence-corrected chi connectivity index (χ2v) is 8.36. The summed E-state index contributed by atoms with van der Waals surface area (Å²) in [4.78, 5) is 34.4. The van der Waals surface area contributed by atoms with Gasteiger partial charge in [-0.05, 0) is 68.3 Å². The minimum absolute atomic E-state index is 0.0102. The average molecular weight is 444 g/mol. The number of hydrogen-bond acceptors (Lipinski definition) is 5. The third-order valence-electron chi connectivity index (χ3n) is 6.02. The molecule has 7 nitrogen and oxygen atoms in total. The van der Waals surface area contributed by atoms with E-state index >= 15 is 0 Å². The molecule has 0 aliphatic carbocycles. The van der Waals surface area contributed by atoms with Crippen LogP contribution in [0.2, 0.25) is 0 Å². The Labute approximate surface area is 191 Å². The number of carbonyl (C=O) groups excluding carboxylic acids is 2. The molecule has 1 fully saturated rings. The summed E-state index contributed by atoms with van der Waals surface area (Å²) in [6.07, 6.45) is 1.91. The lowest BCUT2D eigenvalue weighted by atomic mass is 9.97. The fourth-order valence-electron chi connectivity index (χ4n) is 4.22. The smallest absolute Gasteiger partial charge is 0.289 e. The number of nitrogens with zero attached hydrogens (tertiary/aromatic N) is 2. The second-order valence-electron chi connectivity index (χ2n) is 8.36. The number of rotatable bonds is 6. The maximum atomic E-state index is 13.1. The molecule has 7 heteroatoms. The van der Waals surface area contributed by atoms with E-state index in [2.05, 4.69) is 4.98 Å². The lowest BCUT2D eigenvalue weighted by Gasteiger charge is -2.31. The van der Waals surface area contributed by atoms with Gasteiger partial charge in [0.25, 0.3) is 5.91 Å². The molecule has 1 unspecified atom stereocenters. The molecule has 1 saturated heterocycles. The Bertz CT molecular complexity index is 1260. The van der Waals surface area contributed by atoms with Crippen LogP contribution in [0.1, 0.15) is 58.2 Å². The van der Waals surface area contributed by atoms with Crippen molar-refractivity contribution >= 4 is 22.7 Å². The van der Waals surface area contributed by atoms with Gasteiger partial charge in [0.15, 0.2) is 11.5 Å². The number of amides is 1. The molecule has 33 heavy (non-hydrogen) atoms. The Morgan fingerprint density at radius 1 is 1.12 bits per heavy atom. The molecular weight excluding hydrogens is 418 g/mol. The summed E-state index contributed by atoms with van der Waals surface area (Å²) >= 11 is 0. The fourth-order valence-corrected chi connectivity index (χ4v) is 4.22. The van der Waals surface area contributed by atoms with E-state index in [1.807, 2.05) is 29.2 Å². The molecule has 1 amide bonds. The quantitative estimate of drug-likeness (QED) is 0.426.